The fraction of sp³-hybridized carbons (Fsp3) is 0.455. The van der Waals surface area contributed by atoms with Crippen molar-refractivity contribution in [3.8, 4) is 11.5 Å². The van der Waals surface area contributed by atoms with Gasteiger partial charge in [-0.05, 0) is 17.7 Å². The van der Waals surface area contributed by atoms with Crippen molar-refractivity contribution in [3.05, 3.63) is 23.3 Å². The summed E-state index contributed by atoms with van der Waals surface area (Å²) in [5, 5.41) is 9.77. The van der Waals surface area contributed by atoms with E-state index in [4.69, 9.17) is 14.2 Å². The molecule has 84 valence electrons. The minimum atomic E-state index is 0.124. The number of methoxy groups -OCH3 is 3. The van der Waals surface area contributed by atoms with Gasteiger partial charge in [-0.1, -0.05) is 0 Å². The number of benzene rings is 1. The number of rotatable bonds is 5. The molecule has 0 spiro atoms. The molecule has 0 aliphatic carbocycles. The molecule has 0 radical (unpaired) electrons. The smallest absolute Gasteiger partial charge is 0.163 e. The van der Waals surface area contributed by atoms with E-state index in [1.54, 1.807) is 20.3 Å². The Morgan fingerprint density at radius 3 is 2.27 bits per heavy atom. The summed E-state index contributed by atoms with van der Waals surface area (Å²) >= 11 is 0. The zero-order valence-corrected chi connectivity index (χ0v) is 9.24. The zero-order valence-electron chi connectivity index (χ0n) is 9.24. The van der Waals surface area contributed by atoms with Crippen LogP contribution in [0.2, 0.25) is 0 Å². The second kappa shape index (κ2) is 5.58. The summed E-state index contributed by atoms with van der Waals surface area (Å²) in [7, 11) is 4.71. The highest BCUT2D eigenvalue weighted by atomic mass is 16.5. The zero-order chi connectivity index (χ0) is 11.3. The Hall–Kier alpha value is -1.26. The van der Waals surface area contributed by atoms with Gasteiger partial charge in [0.1, 0.15) is 0 Å². The second-order valence-corrected chi connectivity index (χ2v) is 3.17. The monoisotopic (exact) mass is 212 g/mol. The van der Waals surface area contributed by atoms with Gasteiger partial charge in [-0.15, -0.1) is 0 Å². The van der Waals surface area contributed by atoms with Crippen molar-refractivity contribution >= 4 is 0 Å². The van der Waals surface area contributed by atoms with Gasteiger partial charge < -0.3 is 19.3 Å². The SMILES string of the molecule is COCc1cc(COC)c(O)c(OC)c1. The van der Waals surface area contributed by atoms with Crippen molar-refractivity contribution < 1.29 is 19.3 Å². The van der Waals surface area contributed by atoms with Gasteiger partial charge in [0.05, 0.1) is 20.3 Å². The summed E-state index contributed by atoms with van der Waals surface area (Å²) in [4.78, 5) is 0. The number of hydrogen-bond acceptors (Lipinski definition) is 4. The minimum absolute atomic E-state index is 0.124. The lowest BCUT2D eigenvalue weighted by Crippen LogP contribution is -1.96. The normalized spacial score (nSPS) is 10.3. The molecular formula is C11H16O4. The minimum Gasteiger partial charge on any atom is -0.504 e. The molecule has 0 heterocycles. The Labute approximate surface area is 89.4 Å². The molecule has 1 rings (SSSR count). The van der Waals surface area contributed by atoms with E-state index >= 15 is 0 Å². The van der Waals surface area contributed by atoms with Crippen molar-refractivity contribution in [2.24, 2.45) is 0 Å². The van der Waals surface area contributed by atoms with Gasteiger partial charge in [0.15, 0.2) is 11.5 Å². The predicted octanol–water partition coefficient (Wildman–Crippen LogP) is 1.69. The summed E-state index contributed by atoms with van der Waals surface area (Å²) in [5.74, 6) is 0.566. The first kappa shape index (κ1) is 11.8. The van der Waals surface area contributed by atoms with Crippen LogP contribution in [-0.4, -0.2) is 26.4 Å². The molecule has 0 aliphatic rings. The second-order valence-electron chi connectivity index (χ2n) is 3.17. The lowest BCUT2D eigenvalue weighted by atomic mass is 10.1. The number of ether oxygens (including phenoxy) is 3. The molecular weight excluding hydrogens is 196 g/mol. The molecule has 0 fully saturated rings. The number of hydrogen-bond donors (Lipinski definition) is 1. The summed E-state index contributed by atoms with van der Waals surface area (Å²) < 4.78 is 15.1. The van der Waals surface area contributed by atoms with Crippen LogP contribution in [0.3, 0.4) is 0 Å². The maximum absolute atomic E-state index is 9.77. The highest BCUT2D eigenvalue weighted by Crippen LogP contribution is 2.32. The van der Waals surface area contributed by atoms with Crippen molar-refractivity contribution in [3.63, 3.8) is 0 Å². The van der Waals surface area contributed by atoms with E-state index in [1.165, 1.54) is 7.11 Å². The van der Waals surface area contributed by atoms with Crippen LogP contribution in [0.25, 0.3) is 0 Å². The van der Waals surface area contributed by atoms with E-state index in [-0.39, 0.29) is 5.75 Å². The van der Waals surface area contributed by atoms with Crippen LogP contribution < -0.4 is 4.74 Å². The molecule has 1 aromatic rings. The molecule has 1 aromatic carbocycles. The molecule has 4 nitrogen and oxygen atoms in total. The molecule has 0 aliphatic heterocycles. The topological polar surface area (TPSA) is 47.9 Å². The van der Waals surface area contributed by atoms with Gasteiger partial charge in [-0.3, -0.25) is 0 Å². The molecule has 0 bridgehead atoms. The van der Waals surface area contributed by atoms with E-state index in [2.05, 4.69) is 0 Å². The van der Waals surface area contributed by atoms with Crippen LogP contribution >= 0.6 is 0 Å². The molecule has 15 heavy (non-hydrogen) atoms. The highest BCUT2D eigenvalue weighted by molar-refractivity contribution is 5.48. The molecule has 4 heteroatoms. The van der Waals surface area contributed by atoms with Crippen LogP contribution in [0.1, 0.15) is 11.1 Å². The number of aromatic hydroxyl groups is 1. The summed E-state index contributed by atoms with van der Waals surface area (Å²) in [6, 6.07) is 3.59. The van der Waals surface area contributed by atoms with Gasteiger partial charge in [-0.2, -0.15) is 0 Å². The largest absolute Gasteiger partial charge is 0.504 e. The average molecular weight is 212 g/mol. The molecule has 0 saturated carbocycles. The van der Waals surface area contributed by atoms with Gasteiger partial charge in [0, 0.05) is 19.8 Å². The summed E-state index contributed by atoms with van der Waals surface area (Å²) in [6.07, 6.45) is 0. The third-order valence-electron chi connectivity index (χ3n) is 2.04. The van der Waals surface area contributed by atoms with Crippen molar-refractivity contribution in [2.75, 3.05) is 21.3 Å². The maximum Gasteiger partial charge on any atom is 0.163 e. The van der Waals surface area contributed by atoms with Gasteiger partial charge in [0.2, 0.25) is 0 Å². The van der Waals surface area contributed by atoms with Crippen LogP contribution in [0.4, 0.5) is 0 Å². The Balaban J connectivity index is 3.07. The van der Waals surface area contributed by atoms with Gasteiger partial charge in [0.25, 0.3) is 0 Å². The number of phenols is 1. The fourth-order valence-corrected chi connectivity index (χ4v) is 1.40. The Morgan fingerprint density at radius 1 is 1.07 bits per heavy atom. The van der Waals surface area contributed by atoms with E-state index in [0.29, 0.717) is 24.5 Å². The van der Waals surface area contributed by atoms with Crippen LogP contribution in [-0.2, 0) is 22.7 Å². The third kappa shape index (κ3) is 2.84. The van der Waals surface area contributed by atoms with E-state index in [9.17, 15) is 5.11 Å². The first-order chi connectivity index (χ1) is 7.22. The molecule has 0 atom stereocenters. The van der Waals surface area contributed by atoms with Gasteiger partial charge in [-0.25, -0.2) is 0 Å². The van der Waals surface area contributed by atoms with E-state index in [0.717, 1.165) is 5.56 Å². The number of phenolic OH excluding ortho intramolecular Hbond substituents is 1. The van der Waals surface area contributed by atoms with Crippen LogP contribution in [0.15, 0.2) is 12.1 Å². The first-order valence-corrected chi connectivity index (χ1v) is 4.59. The lowest BCUT2D eigenvalue weighted by molar-refractivity contribution is 0.177. The van der Waals surface area contributed by atoms with Gasteiger partial charge >= 0.3 is 0 Å². The van der Waals surface area contributed by atoms with E-state index < -0.39 is 0 Å². The highest BCUT2D eigenvalue weighted by Gasteiger charge is 2.10. The first-order valence-electron chi connectivity index (χ1n) is 4.59. The fourth-order valence-electron chi connectivity index (χ4n) is 1.40. The van der Waals surface area contributed by atoms with Crippen LogP contribution in [0, 0.1) is 0 Å². The lowest BCUT2D eigenvalue weighted by Gasteiger charge is -2.11. The Bertz CT molecular complexity index is 323. The van der Waals surface area contributed by atoms with Crippen LogP contribution in [0.5, 0.6) is 11.5 Å². The Kier molecular flexibility index (Phi) is 4.39. The third-order valence-corrected chi connectivity index (χ3v) is 2.04. The average Bonchev–Trinajstić information content (AvgIpc) is 2.23. The standard InChI is InChI=1S/C11H16O4/c1-13-6-8-4-9(7-14-2)11(12)10(5-8)15-3/h4-5,12H,6-7H2,1-3H3. The molecule has 1 N–H and O–H groups in total. The quantitative estimate of drug-likeness (QED) is 0.807. The maximum atomic E-state index is 9.77. The van der Waals surface area contributed by atoms with Crippen molar-refractivity contribution in [2.45, 2.75) is 13.2 Å². The predicted molar refractivity (Wildman–Crippen MR) is 56.1 cm³/mol. The molecule has 0 aromatic heterocycles. The van der Waals surface area contributed by atoms with E-state index in [1.807, 2.05) is 6.07 Å². The summed E-state index contributed by atoms with van der Waals surface area (Å²) in [5.41, 5.74) is 1.64. The Morgan fingerprint density at radius 2 is 1.73 bits per heavy atom. The molecule has 0 unspecified atom stereocenters. The molecule has 0 amide bonds. The van der Waals surface area contributed by atoms with Crippen molar-refractivity contribution in [1.82, 2.24) is 0 Å². The van der Waals surface area contributed by atoms with Crippen molar-refractivity contribution in [1.29, 1.82) is 0 Å². The summed E-state index contributed by atoms with van der Waals surface area (Å²) in [6.45, 7) is 0.826. The molecule has 0 saturated heterocycles.